The fraction of sp³-hybridized carbons (Fsp3) is 0.933. The highest BCUT2D eigenvalue weighted by Gasteiger charge is 2.26. The number of amides is 1. The Morgan fingerprint density at radius 1 is 1.26 bits per heavy atom. The van der Waals surface area contributed by atoms with Gasteiger partial charge < -0.3 is 10.2 Å². The molecule has 1 atom stereocenters. The maximum absolute atomic E-state index is 12.5. The Morgan fingerprint density at radius 3 is 2.53 bits per heavy atom. The molecule has 0 aliphatic carbocycles. The largest absolute Gasteiger partial charge is 0.341 e. The molecular weight excluding hydrogens is 238 g/mol. The van der Waals surface area contributed by atoms with Gasteiger partial charge in [-0.15, -0.1) is 0 Å². The van der Waals surface area contributed by atoms with Crippen molar-refractivity contribution in [3.05, 3.63) is 0 Å². The van der Waals surface area contributed by atoms with Crippen molar-refractivity contribution in [2.24, 2.45) is 5.92 Å². The predicted molar refractivity (Wildman–Crippen MR) is 78.1 cm³/mol. The van der Waals surface area contributed by atoms with Crippen molar-refractivity contribution in [3.8, 4) is 0 Å². The van der Waals surface area contributed by atoms with E-state index in [1.54, 1.807) is 0 Å². The Hall–Kier alpha value is -0.610. The average molecular weight is 267 g/mol. The second kappa shape index (κ2) is 7.25. The van der Waals surface area contributed by atoms with Crippen LogP contribution in [0.5, 0.6) is 0 Å². The van der Waals surface area contributed by atoms with Crippen LogP contribution in [0.1, 0.15) is 39.0 Å². The Balaban J connectivity index is 1.79. The van der Waals surface area contributed by atoms with Crippen molar-refractivity contribution in [3.63, 3.8) is 0 Å². The quantitative estimate of drug-likeness (QED) is 0.834. The first-order valence-corrected chi connectivity index (χ1v) is 7.88. The number of likely N-dealkylation sites (N-methyl/N-ethyl adjacent to an activating group) is 1. The molecule has 0 bridgehead atoms. The van der Waals surface area contributed by atoms with Crippen LogP contribution < -0.4 is 5.32 Å². The zero-order chi connectivity index (χ0) is 13.7. The Kier molecular flexibility index (Phi) is 5.64. The molecule has 2 aliphatic heterocycles. The molecule has 1 amide bonds. The zero-order valence-electron chi connectivity index (χ0n) is 12.5. The molecule has 2 saturated heterocycles. The highest BCUT2D eigenvalue weighted by molar-refractivity contribution is 5.81. The monoisotopic (exact) mass is 267 g/mol. The van der Waals surface area contributed by atoms with Crippen molar-refractivity contribution in [1.29, 1.82) is 0 Å². The van der Waals surface area contributed by atoms with Gasteiger partial charge in [-0.25, -0.2) is 0 Å². The van der Waals surface area contributed by atoms with Crippen molar-refractivity contribution in [2.75, 3.05) is 39.8 Å². The normalized spacial score (nSPS) is 23.6. The van der Waals surface area contributed by atoms with Crippen LogP contribution in [0.3, 0.4) is 0 Å². The third-order valence-corrected chi connectivity index (χ3v) is 4.69. The van der Waals surface area contributed by atoms with Gasteiger partial charge in [-0.1, -0.05) is 0 Å². The van der Waals surface area contributed by atoms with E-state index in [-0.39, 0.29) is 6.04 Å². The molecule has 0 spiro atoms. The topological polar surface area (TPSA) is 35.6 Å². The summed E-state index contributed by atoms with van der Waals surface area (Å²) < 4.78 is 0. The lowest BCUT2D eigenvalue weighted by atomic mass is 9.97. The van der Waals surface area contributed by atoms with Crippen molar-refractivity contribution >= 4 is 5.91 Å². The summed E-state index contributed by atoms with van der Waals surface area (Å²) in [6, 6.07) is 0.0352. The maximum Gasteiger partial charge on any atom is 0.239 e. The van der Waals surface area contributed by atoms with Gasteiger partial charge in [0.25, 0.3) is 0 Å². The first kappa shape index (κ1) is 14.8. The zero-order valence-corrected chi connectivity index (χ0v) is 12.5. The number of nitrogens with zero attached hydrogens (tertiary/aromatic N) is 2. The molecule has 0 radical (unpaired) electrons. The van der Waals surface area contributed by atoms with Crippen molar-refractivity contribution in [1.82, 2.24) is 15.1 Å². The number of carbonyl (C=O) groups is 1. The minimum atomic E-state index is 0.0352. The summed E-state index contributed by atoms with van der Waals surface area (Å²) in [5, 5.41) is 3.40. The van der Waals surface area contributed by atoms with Gasteiger partial charge >= 0.3 is 0 Å². The van der Waals surface area contributed by atoms with Gasteiger partial charge in [-0.05, 0) is 65.1 Å². The third kappa shape index (κ3) is 4.18. The van der Waals surface area contributed by atoms with Crippen molar-refractivity contribution in [2.45, 2.75) is 45.1 Å². The molecule has 0 saturated carbocycles. The number of likely N-dealkylation sites (tertiary alicyclic amines) is 1. The molecular formula is C15H29N3O. The number of rotatable bonds is 4. The van der Waals surface area contributed by atoms with E-state index in [0.717, 1.165) is 38.6 Å². The lowest BCUT2D eigenvalue weighted by molar-refractivity contribution is -0.137. The van der Waals surface area contributed by atoms with E-state index >= 15 is 0 Å². The molecule has 2 rings (SSSR count). The lowest BCUT2D eigenvalue weighted by Gasteiger charge is -2.35. The molecule has 0 aromatic carbocycles. The summed E-state index contributed by atoms with van der Waals surface area (Å²) in [4.78, 5) is 16.8. The van der Waals surface area contributed by atoms with Gasteiger partial charge in [0.2, 0.25) is 5.91 Å². The Morgan fingerprint density at radius 2 is 1.89 bits per heavy atom. The van der Waals surface area contributed by atoms with Crippen LogP contribution in [-0.2, 0) is 4.79 Å². The highest BCUT2D eigenvalue weighted by atomic mass is 16.2. The second-order valence-electron chi connectivity index (χ2n) is 6.19. The van der Waals surface area contributed by atoms with Gasteiger partial charge in [0, 0.05) is 19.6 Å². The summed E-state index contributed by atoms with van der Waals surface area (Å²) in [7, 11) is 2.11. The van der Waals surface area contributed by atoms with E-state index in [1.807, 2.05) is 0 Å². The van der Waals surface area contributed by atoms with Crippen molar-refractivity contribution < 1.29 is 4.79 Å². The molecule has 0 aromatic heterocycles. The molecule has 2 fully saturated rings. The third-order valence-electron chi connectivity index (χ3n) is 4.69. The Bertz CT molecular complexity index is 283. The lowest BCUT2D eigenvalue weighted by Crippen LogP contribution is -2.49. The van der Waals surface area contributed by atoms with Crippen LogP contribution >= 0.6 is 0 Å². The van der Waals surface area contributed by atoms with Crippen LogP contribution in [0.2, 0.25) is 0 Å². The standard InChI is InChI=1S/C15H29N3O/c1-13(15(19)18-10-4-3-5-11-18)17(2)12-14-6-8-16-9-7-14/h13-14,16H,3-12H2,1-2H3. The number of hydrogen-bond donors (Lipinski definition) is 1. The predicted octanol–water partition coefficient (Wildman–Crippen LogP) is 1.32. The molecule has 0 aromatic rings. The van der Waals surface area contributed by atoms with E-state index in [2.05, 4.69) is 29.1 Å². The average Bonchev–Trinajstić information content (AvgIpc) is 2.47. The summed E-state index contributed by atoms with van der Waals surface area (Å²) in [5.41, 5.74) is 0. The maximum atomic E-state index is 12.5. The van der Waals surface area contributed by atoms with Gasteiger partial charge in [0.15, 0.2) is 0 Å². The van der Waals surface area contributed by atoms with Gasteiger partial charge in [-0.3, -0.25) is 9.69 Å². The van der Waals surface area contributed by atoms with Crippen LogP contribution in [0.4, 0.5) is 0 Å². The number of carbonyl (C=O) groups excluding carboxylic acids is 1. The van der Waals surface area contributed by atoms with Crippen LogP contribution in [0, 0.1) is 5.92 Å². The number of piperidine rings is 2. The minimum Gasteiger partial charge on any atom is -0.341 e. The molecule has 19 heavy (non-hydrogen) atoms. The highest BCUT2D eigenvalue weighted by Crippen LogP contribution is 2.16. The Labute approximate surface area is 117 Å². The van der Waals surface area contributed by atoms with Crippen LogP contribution in [0.15, 0.2) is 0 Å². The summed E-state index contributed by atoms with van der Waals surface area (Å²) >= 11 is 0. The summed E-state index contributed by atoms with van der Waals surface area (Å²) in [6.07, 6.45) is 6.12. The van der Waals surface area contributed by atoms with Gasteiger partial charge in [-0.2, -0.15) is 0 Å². The minimum absolute atomic E-state index is 0.0352. The van der Waals surface area contributed by atoms with E-state index < -0.39 is 0 Å². The number of nitrogens with one attached hydrogen (secondary N) is 1. The van der Waals surface area contributed by atoms with E-state index in [9.17, 15) is 4.79 Å². The van der Waals surface area contributed by atoms with E-state index in [4.69, 9.17) is 0 Å². The fourth-order valence-corrected chi connectivity index (χ4v) is 3.20. The van der Waals surface area contributed by atoms with E-state index in [1.165, 1.54) is 32.1 Å². The molecule has 2 heterocycles. The molecule has 1 unspecified atom stereocenters. The molecule has 1 N–H and O–H groups in total. The van der Waals surface area contributed by atoms with Crippen LogP contribution in [-0.4, -0.2) is 61.5 Å². The molecule has 4 nitrogen and oxygen atoms in total. The second-order valence-corrected chi connectivity index (χ2v) is 6.19. The summed E-state index contributed by atoms with van der Waals surface area (Å²) in [5.74, 6) is 1.08. The molecule has 110 valence electrons. The molecule has 2 aliphatic rings. The molecule has 4 heteroatoms. The number of hydrogen-bond acceptors (Lipinski definition) is 3. The van der Waals surface area contributed by atoms with E-state index in [0.29, 0.717) is 5.91 Å². The smallest absolute Gasteiger partial charge is 0.239 e. The first-order chi connectivity index (χ1) is 9.18. The van der Waals surface area contributed by atoms with Gasteiger partial charge in [0.05, 0.1) is 6.04 Å². The first-order valence-electron chi connectivity index (χ1n) is 7.88. The summed E-state index contributed by atoms with van der Waals surface area (Å²) in [6.45, 7) is 7.31. The SMILES string of the molecule is CC(C(=O)N1CCCCC1)N(C)CC1CCNCC1. The fourth-order valence-electron chi connectivity index (χ4n) is 3.20. The van der Waals surface area contributed by atoms with Crippen LogP contribution in [0.25, 0.3) is 0 Å². The van der Waals surface area contributed by atoms with Gasteiger partial charge in [0.1, 0.15) is 0 Å².